The Morgan fingerprint density at radius 2 is 2.40 bits per heavy atom. The topological polar surface area (TPSA) is 81.6 Å². The number of nitrogens with two attached hydrogens (primary N) is 1. The molecule has 110 valence electrons. The summed E-state index contributed by atoms with van der Waals surface area (Å²) < 4.78 is 5.57. The van der Waals surface area contributed by atoms with Gasteiger partial charge in [0, 0.05) is 37.8 Å². The van der Waals surface area contributed by atoms with Gasteiger partial charge in [-0.2, -0.15) is 0 Å². The second-order valence-corrected chi connectivity index (χ2v) is 5.00. The van der Waals surface area contributed by atoms with Crippen molar-refractivity contribution in [1.82, 2.24) is 4.90 Å². The second kappa shape index (κ2) is 6.78. The van der Waals surface area contributed by atoms with Crippen LogP contribution in [-0.2, 0) is 4.74 Å². The third-order valence-electron chi connectivity index (χ3n) is 3.73. The van der Waals surface area contributed by atoms with E-state index >= 15 is 0 Å². The fourth-order valence-electron chi connectivity index (χ4n) is 2.72. The number of nitro benzene ring substituents is 1. The molecule has 0 amide bonds. The highest BCUT2D eigenvalue weighted by Crippen LogP contribution is 2.28. The first-order valence-electron chi connectivity index (χ1n) is 6.95. The van der Waals surface area contributed by atoms with E-state index in [-0.39, 0.29) is 22.8 Å². The summed E-state index contributed by atoms with van der Waals surface area (Å²) in [6.07, 6.45) is 0.954. The van der Waals surface area contributed by atoms with Crippen LogP contribution in [0.2, 0.25) is 0 Å². The monoisotopic (exact) mass is 279 g/mol. The van der Waals surface area contributed by atoms with E-state index in [1.54, 1.807) is 12.1 Å². The van der Waals surface area contributed by atoms with Crippen molar-refractivity contribution in [3.63, 3.8) is 0 Å². The molecular weight excluding hydrogens is 258 g/mol. The molecule has 2 atom stereocenters. The van der Waals surface area contributed by atoms with Gasteiger partial charge in [-0.05, 0) is 12.0 Å². The molecule has 1 saturated heterocycles. The van der Waals surface area contributed by atoms with Gasteiger partial charge in [-0.1, -0.05) is 19.1 Å². The number of morpholine rings is 1. The number of hydrogen-bond donors (Lipinski definition) is 1. The summed E-state index contributed by atoms with van der Waals surface area (Å²) in [6.45, 7) is 4.86. The minimum absolute atomic E-state index is 0.0523. The normalized spacial score (nSPS) is 21.6. The van der Waals surface area contributed by atoms with Gasteiger partial charge < -0.3 is 10.5 Å². The van der Waals surface area contributed by atoms with Crippen LogP contribution in [0.25, 0.3) is 0 Å². The second-order valence-electron chi connectivity index (χ2n) is 5.00. The van der Waals surface area contributed by atoms with Crippen LogP contribution in [0.1, 0.15) is 24.9 Å². The standard InChI is InChI=1S/C14H21N3O3/c1-2-14(16-6-7-20-13(9-15)10-16)11-4-3-5-12(8-11)17(18)19/h3-5,8,13-14H,2,6-7,9-10,15H2,1H3. The van der Waals surface area contributed by atoms with Crippen LogP contribution in [0, 0.1) is 10.1 Å². The lowest BCUT2D eigenvalue weighted by Gasteiger charge is -2.37. The Labute approximate surface area is 118 Å². The summed E-state index contributed by atoms with van der Waals surface area (Å²) in [5.74, 6) is 0. The summed E-state index contributed by atoms with van der Waals surface area (Å²) in [5, 5.41) is 10.9. The zero-order valence-electron chi connectivity index (χ0n) is 11.7. The van der Waals surface area contributed by atoms with E-state index < -0.39 is 0 Å². The van der Waals surface area contributed by atoms with E-state index in [2.05, 4.69) is 11.8 Å². The first-order chi connectivity index (χ1) is 9.65. The Bertz CT molecular complexity index is 467. The average Bonchev–Trinajstić information content (AvgIpc) is 2.48. The first kappa shape index (κ1) is 14.9. The first-order valence-corrected chi connectivity index (χ1v) is 6.95. The summed E-state index contributed by atoms with van der Waals surface area (Å²) in [6, 6.07) is 7.07. The summed E-state index contributed by atoms with van der Waals surface area (Å²) >= 11 is 0. The molecule has 1 aliphatic heterocycles. The fraction of sp³-hybridized carbons (Fsp3) is 0.571. The van der Waals surface area contributed by atoms with Crippen molar-refractivity contribution in [2.45, 2.75) is 25.5 Å². The summed E-state index contributed by atoms with van der Waals surface area (Å²) in [7, 11) is 0. The molecule has 6 nitrogen and oxygen atoms in total. The maximum atomic E-state index is 10.9. The van der Waals surface area contributed by atoms with E-state index in [1.807, 2.05) is 6.07 Å². The Hall–Kier alpha value is -1.50. The number of benzene rings is 1. The van der Waals surface area contributed by atoms with Gasteiger partial charge in [-0.3, -0.25) is 15.0 Å². The van der Waals surface area contributed by atoms with E-state index in [1.165, 1.54) is 6.07 Å². The van der Waals surface area contributed by atoms with Crippen molar-refractivity contribution in [3.05, 3.63) is 39.9 Å². The lowest BCUT2D eigenvalue weighted by molar-refractivity contribution is -0.385. The predicted octanol–water partition coefficient (Wildman–Crippen LogP) is 1.71. The van der Waals surface area contributed by atoms with Gasteiger partial charge in [0.05, 0.1) is 17.6 Å². The third kappa shape index (κ3) is 3.33. The maximum Gasteiger partial charge on any atom is 0.269 e. The molecule has 6 heteroatoms. The van der Waals surface area contributed by atoms with Crippen LogP contribution >= 0.6 is 0 Å². The van der Waals surface area contributed by atoms with Crippen molar-refractivity contribution < 1.29 is 9.66 Å². The molecule has 0 aromatic heterocycles. The van der Waals surface area contributed by atoms with Crippen LogP contribution in [0.15, 0.2) is 24.3 Å². The molecule has 1 aliphatic rings. The molecular formula is C14H21N3O3. The highest BCUT2D eigenvalue weighted by atomic mass is 16.6. The molecule has 2 N–H and O–H groups in total. The molecule has 20 heavy (non-hydrogen) atoms. The smallest absolute Gasteiger partial charge is 0.269 e. The Morgan fingerprint density at radius 3 is 3.05 bits per heavy atom. The van der Waals surface area contributed by atoms with Gasteiger partial charge in [-0.15, -0.1) is 0 Å². The Kier molecular flexibility index (Phi) is 5.05. The van der Waals surface area contributed by atoms with Crippen molar-refractivity contribution >= 4 is 5.69 Å². The van der Waals surface area contributed by atoms with Crippen LogP contribution in [0.3, 0.4) is 0 Å². The van der Waals surface area contributed by atoms with E-state index in [0.29, 0.717) is 13.2 Å². The minimum Gasteiger partial charge on any atom is -0.374 e. The zero-order chi connectivity index (χ0) is 14.5. The molecule has 0 aliphatic carbocycles. The highest BCUT2D eigenvalue weighted by Gasteiger charge is 2.26. The van der Waals surface area contributed by atoms with Crippen molar-refractivity contribution in [1.29, 1.82) is 0 Å². The van der Waals surface area contributed by atoms with Crippen molar-refractivity contribution in [2.75, 3.05) is 26.2 Å². The molecule has 1 aromatic carbocycles. The number of nitrogens with zero attached hydrogens (tertiary/aromatic N) is 2. The molecule has 0 radical (unpaired) electrons. The van der Waals surface area contributed by atoms with Gasteiger partial charge in [0.2, 0.25) is 0 Å². The number of ether oxygens (including phenoxy) is 1. The largest absolute Gasteiger partial charge is 0.374 e. The van der Waals surface area contributed by atoms with Gasteiger partial charge in [0.1, 0.15) is 0 Å². The summed E-state index contributed by atoms with van der Waals surface area (Å²) in [5.41, 5.74) is 6.80. The van der Waals surface area contributed by atoms with Crippen LogP contribution in [0.5, 0.6) is 0 Å². The summed E-state index contributed by atoms with van der Waals surface area (Å²) in [4.78, 5) is 12.9. The lowest BCUT2D eigenvalue weighted by atomic mass is 10.0. The van der Waals surface area contributed by atoms with Gasteiger partial charge in [-0.25, -0.2) is 0 Å². The molecule has 0 spiro atoms. The van der Waals surface area contributed by atoms with Crippen LogP contribution in [0.4, 0.5) is 5.69 Å². The number of nitro groups is 1. The minimum atomic E-state index is -0.349. The van der Waals surface area contributed by atoms with Crippen molar-refractivity contribution in [2.24, 2.45) is 5.73 Å². The van der Waals surface area contributed by atoms with E-state index in [9.17, 15) is 10.1 Å². The van der Waals surface area contributed by atoms with Gasteiger partial charge >= 0.3 is 0 Å². The number of hydrogen-bond acceptors (Lipinski definition) is 5. The average molecular weight is 279 g/mol. The number of non-ortho nitro benzene ring substituents is 1. The van der Waals surface area contributed by atoms with E-state index in [4.69, 9.17) is 10.5 Å². The molecule has 0 bridgehead atoms. The molecule has 2 rings (SSSR count). The lowest BCUT2D eigenvalue weighted by Crippen LogP contribution is -2.46. The molecule has 1 aromatic rings. The molecule has 0 saturated carbocycles. The Morgan fingerprint density at radius 1 is 1.60 bits per heavy atom. The molecule has 2 unspecified atom stereocenters. The molecule has 1 fully saturated rings. The quantitative estimate of drug-likeness (QED) is 0.655. The van der Waals surface area contributed by atoms with Crippen LogP contribution < -0.4 is 5.73 Å². The number of rotatable bonds is 5. The Balaban J connectivity index is 2.18. The molecule has 1 heterocycles. The fourth-order valence-corrected chi connectivity index (χ4v) is 2.72. The van der Waals surface area contributed by atoms with Gasteiger partial charge in [0.15, 0.2) is 0 Å². The van der Waals surface area contributed by atoms with Crippen LogP contribution in [-0.4, -0.2) is 42.2 Å². The predicted molar refractivity (Wildman–Crippen MR) is 76.5 cm³/mol. The SMILES string of the molecule is CCC(c1cccc([N+](=O)[O-])c1)N1CCOC(CN)C1. The maximum absolute atomic E-state index is 10.9. The highest BCUT2D eigenvalue weighted by molar-refractivity contribution is 5.35. The van der Waals surface area contributed by atoms with Crippen molar-refractivity contribution in [3.8, 4) is 0 Å². The van der Waals surface area contributed by atoms with E-state index in [0.717, 1.165) is 25.1 Å². The zero-order valence-corrected chi connectivity index (χ0v) is 11.7. The third-order valence-corrected chi connectivity index (χ3v) is 3.73. The van der Waals surface area contributed by atoms with Gasteiger partial charge in [0.25, 0.3) is 5.69 Å².